The third-order valence-corrected chi connectivity index (χ3v) is 3.32. The highest BCUT2D eigenvalue weighted by atomic mass is 16.6. The Hall–Kier alpha value is -2.75. The highest BCUT2D eigenvalue weighted by Gasteiger charge is 2.14. The predicted octanol–water partition coefficient (Wildman–Crippen LogP) is 4.12. The van der Waals surface area contributed by atoms with Gasteiger partial charge in [0, 0.05) is 23.5 Å². The maximum atomic E-state index is 11.1. The number of fused-ring (bicyclic) bond motifs is 1. The van der Waals surface area contributed by atoms with Crippen LogP contribution in [0.2, 0.25) is 0 Å². The maximum Gasteiger partial charge on any atom is 0.277 e. The molecule has 0 N–H and O–H groups in total. The van der Waals surface area contributed by atoms with E-state index in [4.69, 9.17) is 0 Å². The van der Waals surface area contributed by atoms with Gasteiger partial charge < -0.3 is 0 Å². The molecule has 4 heteroatoms. The molecule has 98 valence electrons. The van der Waals surface area contributed by atoms with E-state index < -0.39 is 0 Å². The van der Waals surface area contributed by atoms with Crippen molar-refractivity contribution in [2.24, 2.45) is 0 Å². The zero-order valence-corrected chi connectivity index (χ0v) is 10.9. The number of nitro benzene ring substituents is 1. The number of aromatic nitrogens is 1. The van der Waals surface area contributed by atoms with Crippen LogP contribution in [-0.4, -0.2) is 9.91 Å². The molecule has 0 spiro atoms. The summed E-state index contributed by atoms with van der Waals surface area (Å²) in [6, 6.07) is 14.6. The molecule has 0 saturated heterocycles. The van der Waals surface area contributed by atoms with Crippen molar-refractivity contribution in [3.05, 3.63) is 70.5 Å². The Kier molecular flexibility index (Phi) is 2.91. The number of rotatable bonds is 2. The number of hydrogen-bond donors (Lipinski definition) is 0. The summed E-state index contributed by atoms with van der Waals surface area (Å²) >= 11 is 0. The lowest BCUT2D eigenvalue weighted by atomic mass is 9.98. The highest BCUT2D eigenvalue weighted by Crippen LogP contribution is 2.33. The molecule has 3 aromatic rings. The Morgan fingerprint density at radius 3 is 2.40 bits per heavy atom. The molecular weight excluding hydrogens is 252 g/mol. The minimum absolute atomic E-state index is 0.129. The zero-order chi connectivity index (χ0) is 14.1. The lowest BCUT2D eigenvalue weighted by Crippen LogP contribution is -1.91. The van der Waals surface area contributed by atoms with E-state index in [1.807, 2.05) is 37.3 Å². The zero-order valence-electron chi connectivity index (χ0n) is 10.9. The van der Waals surface area contributed by atoms with E-state index in [1.165, 1.54) is 0 Å². The Labute approximate surface area is 115 Å². The summed E-state index contributed by atoms with van der Waals surface area (Å²) in [7, 11) is 0. The molecule has 0 bridgehead atoms. The summed E-state index contributed by atoms with van der Waals surface area (Å²) in [6.45, 7) is 1.93. The maximum absolute atomic E-state index is 11.1. The number of nitrogens with zero attached hydrogens (tertiary/aromatic N) is 2. The summed E-state index contributed by atoms with van der Waals surface area (Å²) in [5, 5.41) is 12.6. The van der Waals surface area contributed by atoms with Gasteiger partial charge in [0.05, 0.1) is 10.3 Å². The van der Waals surface area contributed by atoms with Gasteiger partial charge in [-0.3, -0.25) is 15.1 Å². The monoisotopic (exact) mass is 264 g/mol. The molecule has 0 aliphatic rings. The number of hydrogen-bond acceptors (Lipinski definition) is 3. The molecule has 1 aromatic heterocycles. The van der Waals surface area contributed by atoms with Crippen LogP contribution in [0.1, 0.15) is 5.69 Å². The van der Waals surface area contributed by atoms with Crippen LogP contribution in [-0.2, 0) is 0 Å². The fourth-order valence-corrected chi connectivity index (χ4v) is 2.32. The van der Waals surface area contributed by atoms with Crippen molar-refractivity contribution in [1.29, 1.82) is 0 Å². The molecule has 0 radical (unpaired) electrons. The van der Waals surface area contributed by atoms with Gasteiger partial charge in [-0.15, -0.1) is 0 Å². The number of non-ortho nitro benzene ring substituents is 1. The van der Waals surface area contributed by atoms with Gasteiger partial charge in [0.2, 0.25) is 0 Å². The summed E-state index contributed by atoms with van der Waals surface area (Å²) in [6.07, 6.45) is 1.79. The van der Waals surface area contributed by atoms with E-state index in [1.54, 1.807) is 24.4 Å². The first kappa shape index (κ1) is 12.3. The van der Waals surface area contributed by atoms with E-state index in [2.05, 4.69) is 4.98 Å². The molecule has 20 heavy (non-hydrogen) atoms. The van der Waals surface area contributed by atoms with Crippen molar-refractivity contribution in [2.75, 3.05) is 0 Å². The predicted molar refractivity (Wildman–Crippen MR) is 78.6 cm³/mol. The quantitative estimate of drug-likeness (QED) is 0.516. The summed E-state index contributed by atoms with van der Waals surface area (Å²) < 4.78 is 0. The van der Waals surface area contributed by atoms with E-state index in [9.17, 15) is 10.1 Å². The van der Waals surface area contributed by atoms with Crippen LogP contribution in [0.3, 0.4) is 0 Å². The summed E-state index contributed by atoms with van der Waals surface area (Å²) in [4.78, 5) is 15.0. The lowest BCUT2D eigenvalue weighted by molar-refractivity contribution is -0.383. The fraction of sp³-hybridized carbons (Fsp3) is 0.0625. The first-order valence-electron chi connectivity index (χ1n) is 6.26. The summed E-state index contributed by atoms with van der Waals surface area (Å²) in [5.41, 5.74) is 2.99. The number of pyridine rings is 1. The third kappa shape index (κ3) is 2.01. The van der Waals surface area contributed by atoms with Crippen LogP contribution in [0.15, 0.2) is 54.7 Å². The van der Waals surface area contributed by atoms with Crippen LogP contribution < -0.4 is 0 Å². The summed E-state index contributed by atoms with van der Waals surface area (Å²) in [5.74, 6) is 0. The Morgan fingerprint density at radius 1 is 1.00 bits per heavy atom. The first-order valence-corrected chi connectivity index (χ1v) is 6.26. The van der Waals surface area contributed by atoms with E-state index >= 15 is 0 Å². The van der Waals surface area contributed by atoms with Gasteiger partial charge in [0.1, 0.15) is 0 Å². The van der Waals surface area contributed by atoms with Gasteiger partial charge in [-0.25, -0.2) is 0 Å². The van der Waals surface area contributed by atoms with Crippen molar-refractivity contribution in [3.63, 3.8) is 0 Å². The molecule has 1 heterocycles. The first-order chi connectivity index (χ1) is 9.66. The molecule has 0 aliphatic heterocycles. The largest absolute Gasteiger partial charge is 0.277 e. The van der Waals surface area contributed by atoms with Gasteiger partial charge >= 0.3 is 0 Å². The smallest absolute Gasteiger partial charge is 0.261 e. The van der Waals surface area contributed by atoms with E-state index in [0.29, 0.717) is 5.39 Å². The molecule has 0 fully saturated rings. The van der Waals surface area contributed by atoms with Crippen molar-refractivity contribution in [2.45, 2.75) is 6.92 Å². The van der Waals surface area contributed by atoms with Crippen LogP contribution in [0.25, 0.3) is 21.9 Å². The molecule has 0 aliphatic carbocycles. The Bertz CT molecular complexity index is 795. The minimum atomic E-state index is -0.348. The third-order valence-electron chi connectivity index (χ3n) is 3.32. The van der Waals surface area contributed by atoms with Crippen LogP contribution >= 0.6 is 0 Å². The second-order valence-corrected chi connectivity index (χ2v) is 4.62. The molecule has 0 amide bonds. The van der Waals surface area contributed by atoms with Gasteiger partial charge in [-0.05, 0) is 36.1 Å². The molecule has 2 aromatic carbocycles. The van der Waals surface area contributed by atoms with Gasteiger partial charge in [0.25, 0.3) is 5.69 Å². The Morgan fingerprint density at radius 2 is 1.75 bits per heavy atom. The van der Waals surface area contributed by atoms with Gasteiger partial charge in [-0.2, -0.15) is 0 Å². The average Bonchev–Trinajstić information content (AvgIpc) is 2.47. The van der Waals surface area contributed by atoms with E-state index in [-0.39, 0.29) is 10.6 Å². The number of aryl methyl sites for hydroxylation is 1. The van der Waals surface area contributed by atoms with Crippen molar-refractivity contribution < 1.29 is 4.92 Å². The molecule has 4 nitrogen and oxygen atoms in total. The highest BCUT2D eigenvalue weighted by molar-refractivity contribution is 6.01. The van der Waals surface area contributed by atoms with Crippen LogP contribution in [0, 0.1) is 17.0 Å². The minimum Gasteiger partial charge on any atom is -0.261 e. The Balaban J connectivity index is 2.30. The van der Waals surface area contributed by atoms with Crippen molar-refractivity contribution in [1.82, 2.24) is 4.98 Å². The second-order valence-electron chi connectivity index (χ2n) is 4.62. The second kappa shape index (κ2) is 4.74. The van der Waals surface area contributed by atoms with E-state index in [0.717, 1.165) is 22.2 Å². The van der Waals surface area contributed by atoms with Gasteiger partial charge in [0.15, 0.2) is 0 Å². The average molecular weight is 264 g/mol. The molecule has 0 saturated carbocycles. The van der Waals surface area contributed by atoms with Crippen molar-refractivity contribution in [3.8, 4) is 11.1 Å². The molecule has 0 atom stereocenters. The molecule has 3 rings (SSSR count). The lowest BCUT2D eigenvalue weighted by Gasteiger charge is -2.07. The molecular formula is C16H12N2O2. The fourth-order valence-electron chi connectivity index (χ4n) is 2.32. The topological polar surface area (TPSA) is 56.0 Å². The van der Waals surface area contributed by atoms with Gasteiger partial charge in [-0.1, -0.05) is 24.3 Å². The SMILES string of the molecule is Cc1ccc(-c2ccc([N+](=O)[O-])c3ccccc23)cn1. The normalized spacial score (nSPS) is 10.7. The van der Waals surface area contributed by atoms with Crippen LogP contribution in [0.4, 0.5) is 5.69 Å². The number of nitro groups is 1. The number of benzene rings is 2. The van der Waals surface area contributed by atoms with Crippen molar-refractivity contribution >= 4 is 16.5 Å². The van der Waals surface area contributed by atoms with Crippen LogP contribution in [0.5, 0.6) is 0 Å². The molecule has 0 unspecified atom stereocenters. The standard InChI is InChI=1S/C16H12N2O2/c1-11-6-7-12(10-17-11)13-8-9-16(18(19)20)15-5-3-2-4-14(13)15/h2-10H,1H3.